The van der Waals surface area contributed by atoms with Crippen molar-refractivity contribution in [1.29, 1.82) is 0 Å². The van der Waals surface area contributed by atoms with Crippen LogP contribution in [0.25, 0.3) is 6.08 Å². The number of nitrogens with zero attached hydrogens (tertiary/aromatic N) is 1. The summed E-state index contributed by atoms with van der Waals surface area (Å²) in [6.07, 6.45) is 3.40. The van der Waals surface area contributed by atoms with Crippen LogP contribution in [0.1, 0.15) is 17.5 Å². The Balaban J connectivity index is 2.10. The molecule has 0 aliphatic carbocycles. The second kappa shape index (κ2) is 9.45. The molecule has 0 unspecified atom stereocenters. The number of rotatable bonds is 7. The quantitative estimate of drug-likeness (QED) is 0.463. The molecule has 0 radical (unpaired) electrons. The molecule has 0 fully saturated rings. The summed E-state index contributed by atoms with van der Waals surface area (Å²) >= 11 is 13.0. The van der Waals surface area contributed by atoms with Crippen LogP contribution in [0.5, 0.6) is 0 Å². The van der Waals surface area contributed by atoms with Crippen LogP contribution in [0.2, 0.25) is 10.0 Å². The fourth-order valence-electron chi connectivity index (χ4n) is 2.96. The van der Waals surface area contributed by atoms with Crippen molar-refractivity contribution in [2.24, 2.45) is 0 Å². The second-order valence-corrected chi connectivity index (χ2v) is 7.02. The summed E-state index contributed by atoms with van der Waals surface area (Å²) in [6.45, 7) is 0.564. The highest BCUT2D eigenvalue weighted by Gasteiger charge is 2.18. The van der Waals surface area contributed by atoms with Crippen LogP contribution in [0.15, 0.2) is 78.9 Å². The number of hydrogen-bond acceptors (Lipinski definition) is 2. The van der Waals surface area contributed by atoms with Gasteiger partial charge in [-0.15, -0.1) is 0 Å². The van der Waals surface area contributed by atoms with Crippen molar-refractivity contribution < 1.29 is 9.90 Å². The fourth-order valence-corrected chi connectivity index (χ4v) is 3.56. The van der Waals surface area contributed by atoms with Gasteiger partial charge < -0.3 is 10.0 Å². The molecule has 0 atom stereocenters. The molecule has 0 saturated heterocycles. The van der Waals surface area contributed by atoms with E-state index < -0.39 is 5.97 Å². The van der Waals surface area contributed by atoms with Crippen molar-refractivity contribution in [3.63, 3.8) is 0 Å². The van der Waals surface area contributed by atoms with Crippen LogP contribution < -0.4 is 4.90 Å². The molecular weight excluding hydrogens is 393 g/mol. The molecule has 3 rings (SSSR count). The molecule has 3 nitrogen and oxygen atoms in total. The van der Waals surface area contributed by atoms with Crippen molar-refractivity contribution >= 4 is 46.6 Å². The minimum absolute atomic E-state index is 0.0418. The number of carboxylic acids is 1. The lowest BCUT2D eigenvalue weighted by Gasteiger charge is -2.28. The lowest BCUT2D eigenvalue weighted by atomic mass is 10.1. The van der Waals surface area contributed by atoms with E-state index in [0.29, 0.717) is 22.3 Å². The van der Waals surface area contributed by atoms with Gasteiger partial charge in [-0.05, 0) is 29.3 Å². The van der Waals surface area contributed by atoms with Gasteiger partial charge in [0.05, 0.1) is 22.2 Å². The first-order chi connectivity index (χ1) is 13.6. The predicted molar refractivity (Wildman–Crippen MR) is 116 cm³/mol. The van der Waals surface area contributed by atoms with E-state index in [1.54, 1.807) is 6.08 Å². The fraction of sp³-hybridized carbons (Fsp3) is 0.0870. The van der Waals surface area contributed by atoms with Gasteiger partial charge in [0.2, 0.25) is 0 Å². The molecular formula is C23H19Cl2NO2. The van der Waals surface area contributed by atoms with E-state index in [4.69, 9.17) is 28.3 Å². The van der Waals surface area contributed by atoms with Crippen molar-refractivity contribution in [2.45, 2.75) is 13.0 Å². The molecule has 5 heteroatoms. The van der Waals surface area contributed by atoms with Gasteiger partial charge in [0, 0.05) is 12.2 Å². The van der Waals surface area contributed by atoms with E-state index in [1.165, 1.54) is 0 Å². The van der Waals surface area contributed by atoms with Gasteiger partial charge in [-0.25, -0.2) is 0 Å². The topological polar surface area (TPSA) is 40.5 Å². The average Bonchev–Trinajstić information content (AvgIpc) is 2.68. The zero-order chi connectivity index (χ0) is 19.9. The van der Waals surface area contributed by atoms with Gasteiger partial charge in [-0.2, -0.15) is 0 Å². The maximum Gasteiger partial charge on any atom is 0.307 e. The number of aliphatic carboxylic acids is 1. The third-order valence-electron chi connectivity index (χ3n) is 4.21. The Morgan fingerprint density at radius 3 is 2.21 bits per heavy atom. The number of carboxylic acid groups (broad SMARTS) is 1. The monoisotopic (exact) mass is 411 g/mol. The molecule has 0 bridgehead atoms. The SMILES string of the molecule is O=C(O)C/C=C/c1ccccc1N(Cc1ccccc1)c1c(Cl)cccc1Cl. The summed E-state index contributed by atoms with van der Waals surface area (Å²) in [5, 5.41) is 10.0. The Bertz CT molecular complexity index is 967. The van der Waals surface area contributed by atoms with E-state index >= 15 is 0 Å². The minimum Gasteiger partial charge on any atom is -0.481 e. The smallest absolute Gasteiger partial charge is 0.307 e. The largest absolute Gasteiger partial charge is 0.481 e. The summed E-state index contributed by atoms with van der Waals surface area (Å²) in [5.74, 6) is -0.871. The predicted octanol–water partition coefficient (Wildman–Crippen LogP) is 6.82. The number of carbonyl (C=O) groups is 1. The van der Waals surface area contributed by atoms with Crippen LogP contribution in [0, 0.1) is 0 Å². The van der Waals surface area contributed by atoms with Gasteiger partial charge in [0.15, 0.2) is 0 Å². The van der Waals surface area contributed by atoms with E-state index in [-0.39, 0.29) is 6.42 Å². The Morgan fingerprint density at radius 2 is 1.54 bits per heavy atom. The standard InChI is InChI=1S/C23H19Cl2NO2/c24-19-12-7-13-20(25)23(19)26(16-17-8-2-1-3-9-17)21-14-5-4-10-18(21)11-6-15-22(27)28/h1-14H,15-16H2,(H,27,28)/b11-6+. The molecule has 0 saturated carbocycles. The zero-order valence-electron chi connectivity index (χ0n) is 15.1. The third kappa shape index (κ3) is 4.94. The molecule has 28 heavy (non-hydrogen) atoms. The van der Waals surface area contributed by atoms with E-state index in [1.807, 2.05) is 78.9 Å². The molecule has 0 aliphatic rings. The Hall–Kier alpha value is -2.75. The van der Waals surface area contributed by atoms with Gasteiger partial charge in [-0.1, -0.05) is 90.0 Å². The number of benzene rings is 3. The van der Waals surface area contributed by atoms with Crippen molar-refractivity contribution in [3.05, 3.63) is 100 Å². The molecule has 0 amide bonds. The van der Waals surface area contributed by atoms with E-state index in [2.05, 4.69) is 4.90 Å². The van der Waals surface area contributed by atoms with Gasteiger partial charge in [0.25, 0.3) is 0 Å². The van der Waals surface area contributed by atoms with Crippen LogP contribution in [-0.4, -0.2) is 11.1 Å². The number of anilines is 2. The first kappa shape index (κ1) is 20.0. The van der Waals surface area contributed by atoms with Gasteiger partial charge in [-0.3, -0.25) is 4.79 Å². The van der Waals surface area contributed by atoms with Crippen molar-refractivity contribution in [3.8, 4) is 0 Å². The lowest BCUT2D eigenvalue weighted by molar-refractivity contribution is -0.135. The lowest BCUT2D eigenvalue weighted by Crippen LogP contribution is -2.18. The van der Waals surface area contributed by atoms with Crippen LogP contribution in [-0.2, 0) is 11.3 Å². The summed E-state index contributed by atoms with van der Waals surface area (Å²) in [5.41, 5.74) is 3.59. The Labute approximate surface area is 174 Å². The molecule has 0 spiro atoms. The summed E-state index contributed by atoms with van der Waals surface area (Å²) in [6, 6.07) is 23.2. The molecule has 0 aromatic heterocycles. The highest BCUT2D eigenvalue weighted by molar-refractivity contribution is 6.39. The van der Waals surface area contributed by atoms with Crippen molar-refractivity contribution in [2.75, 3.05) is 4.90 Å². The number of halogens is 2. The van der Waals surface area contributed by atoms with Gasteiger partial charge in [0.1, 0.15) is 0 Å². The van der Waals surface area contributed by atoms with Gasteiger partial charge >= 0.3 is 5.97 Å². The zero-order valence-corrected chi connectivity index (χ0v) is 16.6. The molecule has 1 N–H and O–H groups in total. The Morgan fingerprint density at radius 1 is 0.893 bits per heavy atom. The highest BCUT2D eigenvalue weighted by Crippen LogP contribution is 2.40. The first-order valence-electron chi connectivity index (χ1n) is 8.79. The Kier molecular flexibility index (Phi) is 6.75. The van der Waals surface area contributed by atoms with Crippen LogP contribution in [0.3, 0.4) is 0 Å². The van der Waals surface area contributed by atoms with E-state index in [0.717, 1.165) is 16.8 Å². The summed E-state index contributed by atoms with van der Waals surface area (Å²) in [4.78, 5) is 12.9. The van der Waals surface area contributed by atoms with Crippen molar-refractivity contribution in [1.82, 2.24) is 0 Å². The first-order valence-corrected chi connectivity index (χ1v) is 9.54. The number of hydrogen-bond donors (Lipinski definition) is 1. The second-order valence-electron chi connectivity index (χ2n) is 6.20. The highest BCUT2D eigenvalue weighted by atomic mass is 35.5. The maximum atomic E-state index is 10.9. The molecule has 0 heterocycles. The molecule has 3 aromatic carbocycles. The van der Waals surface area contributed by atoms with Crippen LogP contribution >= 0.6 is 23.2 Å². The third-order valence-corrected chi connectivity index (χ3v) is 4.82. The molecule has 142 valence electrons. The number of para-hydroxylation sites is 2. The molecule has 0 aliphatic heterocycles. The normalized spacial score (nSPS) is 10.9. The summed E-state index contributed by atoms with van der Waals surface area (Å²) < 4.78 is 0. The summed E-state index contributed by atoms with van der Waals surface area (Å²) in [7, 11) is 0. The average molecular weight is 412 g/mol. The van der Waals surface area contributed by atoms with Crippen LogP contribution in [0.4, 0.5) is 11.4 Å². The van der Waals surface area contributed by atoms with E-state index in [9.17, 15) is 4.79 Å². The molecule has 3 aromatic rings. The minimum atomic E-state index is -0.871. The maximum absolute atomic E-state index is 10.9.